The minimum Gasteiger partial charge on any atom is -0.394 e. The predicted octanol–water partition coefficient (Wildman–Crippen LogP) is 1.79. The van der Waals surface area contributed by atoms with E-state index in [2.05, 4.69) is 87.5 Å². The summed E-state index contributed by atoms with van der Waals surface area (Å²) in [5.41, 5.74) is 0.807. The molecule has 2 aromatic heterocycles. The Hall–Kier alpha value is -2.86. The maximum absolute atomic E-state index is 10.5. The molecule has 9 nitrogen and oxygen atoms in total. The highest BCUT2D eigenvalue weighted by atomic mass is 35.5. The van der Waals surface area contributed by atoms with Crippen molar-refractivity contribution < 1.29 is 20.1 Å². The van der Waals surface area contributed by atoms with Gasteiger partial charge in [-0.05, 0) is 24.1 Å². The summed E-state index contributed by atoms with van der Waals surface area (Å²) in [5, 5.41) is 36.3. The number of ether oxygens (including phenoxy) is 1. The van der Waals surface area contributed by atoms with Crippen molar-refractivity contribution in [2.45, 2.75) is 43.6 Å². The first kappa shape index (κ1) is 25.8. The molecule has 37 heavy (non-hydrogen) atoms. The Bertz CT molecular complexity index is 1300. The van der Waals surface area contributed by atoms with E-state index in [4.69, 9.17) is 16.3 Å². The summed E-state index contributed by atoms with van der Waals surface area (Å²) in [5.74, 6) is 0.528. The van der Waals surface area contributed by atoms with Crippen molar-refractivity contribution in [1.29, 1.82) is 0 Å². The lowest BCUT2D eigenvalue weighted by atomic mass is 10.1. The number of hydrogen-bond acceptors (Lipinski definition) is 8. The number of nitrogens with one attached hydrogen (secondary N) is 1. The van der Waals surface area contributed by atoms with Crippen molar-refractivity contribution in [3.8, 4) is 0 Å². The second kappa shape index (κ2) is 10.9. The summed E-state index contributed by atoms with van der Waals surface area (Å²) >= 11 is 6.41. The monoisotopic (exact) mass is 539 g/mol. The topological polar surface area (TPSA) is 126 Å². The van der Waals surface area contributed by atoms with Crippen LogP contribution in [0.2, 0.25) is 17.9 Å². The Morgan fingerprint density at radius 1 is 1.00 bits per heavy atom. The molecule has 0 bridgehead atoms. The minimum atomic E-state index is -1.94. The molecule has 0 radical (unpaired) electrons. The van der Waals surface area contributed by atoms with Crippen molar-refractivity contribution >= 4 is 47.0 Å². The lowest BCUT2D eigenvalue weighted by molar-refractivity contribution is -0.0509. The number of aliphatic hydroxyl groups is 3. The molecule has 0 saturated carbocycles. The third kappa shape index (κ3) is 4.88. The molecule has 4 atom stereocenters. The molecule has 1 aliphatic heterocycles. The summed E-state index contributed by atoms with van der Waals surface area (Å²) in [4.78, 5) is 13.1. The molecule has 4 aromatic rings. The summed E-state index contributed by atoms with van der Waals surface area (Å²) < 4.78 is 7.06. The normalized spacial score (nSPS) is 22.0. The lowest BCUT2D eigenvalue weighted by Crippen LogP contribution is -2.55. The zero-order valence-corrected chi connectivity index (χ0v) is 22.2. The van der Waals surface area contributed by atoms with Gasteiger partial charge in [0, 0.05) is 6.54 Å². The van der Waals surface area contributed by atoms with Crippen LogP contribution in [0.4, 0.5) is 5.82 Å². The molecule has 0 amide bonds. The fourth-order valence-corrected chi connectivity index (χ4v) is 8.96. The van der Waals surface area contributed by atoms with Crippen molar-refractivity contribution in [3.63, 3.8) is 0 Å². The highest BCUT2D eigenvalue weighted by Crippen LogP contribution is 2.35. The molecule has 4 N–H and O–H groups in total. The van der Waals surface area contributed by atoms with Crippen LogP contribution in [0.5, 0.6) is 0 Å². The maximum atomic E-state index is 10.5. The second-order valence-electron chi connectivity index (χ2n) is 9.47. The Labute approximate surface area is 220 Å². The van der Waals surface area contributed by atoms with Gasteiger partial charge in [0.2, 0.25) is 5.28 Å². The molecule has 5 rings (SSSR count). The smallest absolute Gasteiger partial charge is 0.207 e. The van der Waals surface area contributed by atoms with Gasteiger partial charge in [-0.2, -0.15) is 0 Å². The minimum absolute atomic E-state index is 0.0431. The van der Waals surface area contributed by atoms with E-state index in [1.165, 1.54) is 21.3 Å². The van der Waals surface area contributed by atoms with Gasteiger partial charge in [0.05, 0.1) is 6.61 Å². The first-order chi connectivity index (χ1) is 17.9. The highest BCUT2D eigenvalue weighted by molar-refractivity contribution is 7.01. The number of benzene rings is 2. The number of aliphatic hydroxyl groups excluding tert-OH is 3. The predicted molar refractivity (Wildman–Crippen MR) is 145 cm³/mol. The number of hydrogen-bond donors (Lipinski definition) is 4. The van der Waals surface area contributed by atoms with Crippen LogP contribution in [0.3, 0.4) is 0 Å². The molecular formula is C26H30ClN5O4Si. The molecular weight excluding hydrogens is 510 g/mol. The zero-order chi connectivity index (χ0) is 26.0. The molecule has 1 aliphatic rings. The van der Waals surface area contributed by atoms with Crippen molar-refractivity contribution in [1.82, 2.24) is 19.5 Å². The first-order valence-electron chi connectivity index (χ1n) is 12.3. The van der Waals surface area contributed by atoms with Gasteiger partial charge in [-0.15, -0.1) is 0 Å². The lowest BCUT2D eigenvalue weighted by Gasteiger charge is -2.29. The Morgan fingerprint density at radius 2 is 1.65 bits per heavy atom. The van der Waals surface area contributed by atoms with E-state index < -0.39 is 39.2 Å². The zero-order valence-electron chi connectivity index (χ0n) is 20.4. The van der Waals surface area contributed by atoms with Gasteiger partial charge in [0.25, 0.3) is 0 Å². The fourth-order valence-electron chi connectivity index (χ4n) is 5.05. The van der Waals surface area contributed by atoms with Crippen LogP contribution < -0.4 is 15.7 Å². The molecule has 0 unspecified atom stereocenters. The van der Waals surface area contributed by atoms with Gasteiger partial charge in [-0.25, -0.2) is 15.0 Å². The molecule has 11 heteroatoms. The van der Waals surface area contributed by atoms with Crippen LogP contribution in [0.1, 0.15) is 12.6 Å². The van der Waals surface area contributed by atoms with Crippen molar-refractivity contribution in [2.24, 2.45) is 0 Å². The number of imidazole rings is 1. The van der Waals surface area contributed by atoms with E-state index in [0.29, 0.717) is 23.5 Å². The highest BCUT2D eigenvalue weighted by Gasteiger charge is 2.45. The number of halogens is 1. The summed E-state index contributed by atoms with van der Waals surface area (Å²) in [6.45, 7) is 2.64. The number of aromatic nitrogens is 4. The molecule has 1 fully saturated rings. The average molecular weight is 540 g/mol. The van der Waals surface area contributed by atoms with Crippen molar-refractivity contribution in [3.05, 3.63) is 72.3 Å². The standard InChI is InChI=1S/C26H30ClN5O4Si/c1-37(17-9-4-2-5-10-17,18-11-6-3-7-12-18)14-8-13-28-23-20-24(30-16-29-23)32(26(27)31-20)25-22(35)21(34)19(15-33)36-25/h2-7,9-12,16,19,21-22,25,33-35H,8,13-15H2,1H3,(H,28,29,30)/t19-,21-,22-,25-/m1/s1. The van der Waals surface area contributed by atoms with Crippen LogP contribution in [0.25, 0.3) is 11.2 Å². The Balaban J connectivity index is 1.33. The van der Waals surface area contributed by atoms with E-state index in [0.717, 1.165) is 12.5 Å². The quantitative estimate of drug-likeness (QED) is 0.144. The molecule has 2 aromatic carbocycles. The molecule has 0 spiro atoms. The van der Waals surface area contributed by atoms with Gasteiger partial charge >= 0.3 is 0 Å². The van der Waals surface area contributed by atoms with E-state index in [-0.39, 0.29) is 5.28 Å². The fraction of sp³-hybridized carbons (Fsp3) is 0.346. The van der Waals surface area contributed by atoms with E-state index in [1.54, 1.807) is 0 Å². The van der Waals surface area contributed by atoms with Crippen LogP contribution in [-0.4, -0.2) is 74.4 Å². The van der Waals surface area contributed by atoms with Gasteiger partial charge in [0.1, 0.15) is 32.7 Å². The molecule has 1 saturated heterocycles. The van der Waals surface area contributed by atoms with Crippen LogP contribution in [-0.2, 0) is 4.74 Å². The molecule has 3 heterocycles. The largest absolute Gasteiger partial charge is 0.394 e. The third-order valence-corrected chi connectivity index (χ3v) is 12.0. The van der Waals surface area contributed by atoms with Crippen LogP contribution in [0.15, 0.2) is 67.0 Å². The van der Waals surface area contributed by atoms with Gasteiger partial charge < -0.3 is 25.4 Å². The molecule has 194 valence electrons. The number of nitrogens with zero attached hydrogens (tertiary/aromatic N) is 4. The van der Waals surface area contributed by atoms with Crippen LogP contribution >= 0.6 is 11.6 Å². The Morgan fingerprint density at radius 3 is 2.24 bits per heavy atom. The Kier molecular flexibility index (Phi) is 7.56. The van der Waals surface area contributed by atoms with Gasteiger partial charge in [0.15, 0.2) is 23.2 Å². The van der Waals surface area contributed by atoms with Gasteiger partial charge in [-0.1, -0.05) is 77.6 Å². The van der Waals surface area contributed by atoms with Gasteiger partial charge in [-0.3, -0.25) is 4.57 Å². The average Bonchev–Trinajstić information content (AvgIpc) is 3.42. The van der Waals surface area contributed by atoms with E-state index >= 15 is 0 Å². The SMILES string of the molecule is C[Si](CCCNc1ncnc2c1nc(Cl)n2[C@@H]1O[C@H](CO)[C@@H](O)[C@H]1O)(c1ccccc1)c1ccccc1. The third-order valence-electron chi connectivity index (χ3n) is 7.17. The second-order valence-corrected chi connectivity index (χ2v) is 14.1. The summed E-state index contributed by atoms with van der Waals surface area (Å²) in [7, 11) is -1.94. The first-order valence-corrected chi connectivity index (χ1v) is 15.4. The van der Waals surface area contributed by atoms with Crippen molar-refractivity contribution in [2.75, 3.05) is 18.5 Å². The van der Waals surface area contributed by atoms with Crippen LogP contribution in [0, 0.1) is 0 Å². The van der Waals surface area contributed by atoms with E-state index in [9.17, 15) is 15.3 Å². The summed E-state index contributed by atoms with van der Waals surface area (Å²) in [6, 6.07) is 22.5. The number of rotatable bonds is 9. The molecule has 0 aliphatic carbocycles. The maximum Gasteiger partial charge on any atom is 0.207 e. The van der Waals surface area contributed by atoms with E-state index in [1.807, 2.05) is 0 Å². The number of fused-ring (bicyclic) bond motifs is 1. The summed E-state index contributed by atoms with van der Waals surface area (Å²) in [6.07, 6.45) is -2.20. The number of anilines is 1.